The zero-order chi connectivity index (χ0) is 19.5. The van der Waals surface area contributed by atoms with Gasteiger partial charge in [-0.15, -0.1) is 0 Å². The van der Waals surface area contributed by atoms with Crippen LogP contribution in [0.5, 0.6) is 11.5 Å². The molecular weight excluding hydrogens is 356 g/mol. The molecule has 0 saturated carbocycles. The predicted octanol–water partition coefficient (Wildman–Crippen LogP) is 2.35. The van der Waals surface area contributed by atoms with Gasteiger partial charge in [0.15, 0.2) is 12.7 Å². The summed E-state index contributed by atoms with van der Waals surface area (Å²) < 4.78 is 11.4. The summed E-state index contributed by atoms with van der Waals surface area (Å²) >= 11 is 0. The Labute approximate surface area is 164 Å². The molecule has 2 aromatic rings. The van der Waals surface area contributed by atoms with Crippen LogP contribution in [0.4, 0.5) is 0 Å². The van der Waals surface area contributed by atoms with Crippen LogP contribution in [0.2, 0.25) is 0 Å². The van der Waals surface area contributed by atoms with Crippen LogP contribution in [0.3, 0.4) is 0 Å². The van der Waals surface area contributed by atoms with Gasteiger partial charge in [0.25, 0.3) is 11.8 Å². The SMILES string of the molecule is C[C@@H]1c2ccccc2O[C@@H]1C(=O)N[C@H]1CCN(C(=O)COc2ccccc2)C1. The van der Waals surface area contributed by atoms with Crippen LogP contribution in [0, 0.1) is 0 Å². The van der Waals surface area contributed by atoms with Crippen LogP contribution >= 0.6 is 0 Å². The number of para-hydroxylation sites is 2. The van der Waals surface area contributed by atoms with E-state index in [0.29, 0.717) is 18.8 Å². The standard InChI is InChI=1S/C22H24N2O4/c1-15-18-9-5-6-10-19(18)28-21(15)22(26)23-16-11-12-24(13-16)20(25)14-27-17-7-3-2-4-8-17/h2-10,15-16,21H,11-14H2,1H3,(H,23,26)/t15-,16+,21+/m1/s1. The molecule has 2 aromatic carbocycles. The van der Waals surface area contributed by atoms with Crippen LogP contribution in [0.1, 0.15) is 24.8 Å². The summed E-state index contributed by atoms with van der Waals surface area (Å²) in [6.07, 6.45) is 0.209. The van der Waals surface area contributed by atoms with Gasteiger partial charge in [-0.2, -0.15) is 0 Å². The molecule has 2 aliphatic heterocycles. The number of hydrogen-bond acceptors (Lipinski definition) is 4. The van der Waals surface area contributed by atoms with Crippen molar-refractivity contribution >= 4 is 11.8 Å². The van der Waals surface area contributed by atoms with E-state index in [2.05, 4.69) is 5.32 Å². The summed E-state index contributed by atoms with van der Waals surface area (Å²) in [5.41, 5.74) is 1.06. The molecule has 2 aliphatic rings. The monoisotopic (exact) mass is 380 g/mol. The van der Waals surface area contributed by atoms with Crippen molar-refractivity contribution in [1.29, 1.82) is 0 Å². The fourth-order valence-corrected chi connectivity index (χ4v) is 3.79. The lowest BCUT2D eigenvalue weighted by Crippen LogP contribution is -2.45. The third-order valence-electron chi connectivity index (χ3n) is 5.37. The molecule has 6 nitrogen and oxygen atoms in total. The van der Waals surface area contributed by atoms with Crippen molar-refractivity contribution in [1.82, 2.24) is 10.2 Å². The topological polar surface area (TPSA) is 67.9 Å². The third-order valence-corrected chi connectivity index (χ3v) is 5.37. The van der Waals surface area contributed by atoms with Gasteiger partial charge in [-0.25, -0.2) is 0 Å². The van der Waals surface area contributed by atoms with Crippen LogP contribution in [0.25, 0.3) is 0 Å². The quantitative estimate of drug-likeness (QED) is 0.865. The summed E-state index contributed by atoms with van der Waals surface area (Å²) in [5.74, 6) is 1.26. The van der Waals surface area contributed by atoms with Crippen LogP contribution in [-0.2, 0) is 9.59 Å². The minimum atomic E-state index is -0.524. The molecule has 0 aromatic heterocycles. The van der Waals surface area contributed by atoms with Crippen molar-refractivity contribution in [3.8, 4) is 11.5 Å². The van der Waals surface area contributed by atoms with Gasteiger partial charge < -0.3 is 19.7 Å². The molecule has 4 rings (SSSR count). The first-order chi connectivity index (χ1) is 13.6. The molecule has 146 valence electrons. The molecule has 1 fully saturated rings. The Bertz CT molecular complexity index is 855. The van der Waals surface area contributed by atoms with Crippen molar-refractivity contribution in [2.24, 2.45) is 0 Å². The number of amides is 2. The number of fused-ring (bicyclic) bond motifs is 1. The first-order valence-corrected chi connectivity index (χ1v) is 9.63. The molecule has 3 atom stereocenters. The van der Waals surface area contributed by atoms with Gasteiger partial charge in [0.05, 0.1) is 0 Å². The van der Waals surface area contributed by atoms with E-state index < -0.39 is 6.10 Å². The minimum Gasteiger partial charge on any atom is -0.484 e. The molecule has 0 bridgehead atoms. The lowest BCUT2D eigenvalue weighted by Gasteiger charge is -2.20. The van der Waals surface area contributed by atoms with Gasteiger partial charge in [0.2, 0.25) is 0 Å². The highest BCUT2D eigenvalue weighted by Gasteiger charge is 2.38. The Morgan fingerprint density at radius 3 is 2.68 bits per heavy atom. The second-order valence-corrected chi connectivity index (χ2v) is 7.30. The Morgan fingerprint density at radius 2 is 1.89 bits per heavy atom. The Balaban J connectivity index is 1.27. The summed E-state index contributed by atoms with van der Waals surface area (Å²) in [5, 5.41) is 3.05. The predicted molar refractivity (Wildman–Crippen MR) is 104 cm³/mol. The number of carbonyl (C=O) groups excluding carboxylic acids is 2. The molecule has 2 amide bonds. The average molecular weight is 380 g/mol. The van der Waals surface area contributed by atoms with Crippen LogP contribution < -0.4 is 14.8 Å². The third kappa shape index (κ3) is 3.81. The Morgan fingerprint density at radius 1 is 1.14 bits per heavy atom. The van der Waals surface area contributed by atoms with Crippen molar-refractivity contribution in [3.63, 3.8) is 0 Å². The smallest absolute Gasteiger partial charge is 0.261 e. The number of likely N-dealkylation sites (tertiary alicyclic amines) is 1. The zero-order valence-electron chi connectivity index (χ0n) is 15.8. The van der Waals surface area contributed by atoms with Crippen molar-refractivity contribution in [3.05, 3.63) is 60.2 Å². The normalized spacial score (nSPS) is 23.0. The largest absolute Gasteiger partial charge is 0.484 e. The number of nitrogens with one attached hydrogen (secondary N) is 1. The molecule has 6 heteroatoms. The van der Waals surface area contributed by atoms with E-state index in [9.17, 15) is 9.59 Å². The van der Waals surface area contributed by atoms with E-state index in [1.54, 1.807) is 4.90 Å². The average Bonchev–Trinajstić information content (AvgIpc) is 3.32. The van der Waals surface area contributed by atoms with Crippen molar-refractivity contribution in [2.75, 3.05) is 19.7 Å². The van der Waals surface area contributed by atoms with Crippen molar-refractivity contribution < 1.29 is 19.1 Å². The van der Waals surface area contributed by atoms with E-state index >= 15 is 0 Å². The van der Waals surface area contributed by atoms with Gasteiger partial charge in [-0.05, 0) is 24.6 Å². The molecule has 2 heterocycles. The molecule has 0 spiro atoms. The van der Waals surface area contributed by atoms with Crippen molar-refractivity contribution in [2.45, 2.75) is 31.4 Å². The second kappa shape index (κ2) is 7.92. The van der Waals surface area contributed by atoms with Gasteiger partial charge in [-0.3, -0.25) is 9.59 Å². The van der Waals surface area contributed by atoms with E-state index in [1.807, 2.05) is 61.5 Å². The highest BCUT2D eigenvalue weighted by atomic mass is 16.5. The fraction of sp³-hybridized carbons (Fsp3) is 0.364. The Kier molecular flexibility index (Phi) is 5.19. The number of benzene rings is 2. The summed E-state index contributed by atoms with van der Waals surface area (Å²) in [7, 11) is 0. The molecule has 1 saturated heterocycles. The molecule has 28 heavy (non-hydrogen) atoms. The highest BCUT2D eigenvalue weighted by molar-refractivity contribution is 5.84. The molecule has 0 radical (unpaired) electrons. The molecular formula is C22H24N2O4. The van der Waals surface area contributed by atoms with Crippen LogP contribution in [0.15, 0.2) is 54.6 Å². The minimum absolute atomic E-state index is 0.00274. The summed E-state index contributed by atoms with van der Waals surface area (Å²) in [6.45, 7) is 3.12. The van der Waals surface area contributed by atoms with Gasteiger partial charge in [-0.1, -0.05) is 43.3 Å². The zero-order valence-corrected chi connectivity index (χ0v) is 15.8. The highest BCUT2D eigenvalue weighted by Crippen LogP contribution is 2.37. The number of hydrogen-bond donors (Lipinski definition) is 1. The number of carbonyl (C=O) groups is 2. The van der Waals surface area contributed by atoms with Gasteiger partial charge >= 0.3 is 0 Å². The maximum atomic E-state index is 12.7. The first kappa shape index (κ1) is 18.3. The van der Waals surface area contributed by atoms with Crippen LogP contribution in [-0.4, -0.2) is 48.6 Å². The summed E-state index contributed by atoms with van der Waals surface area (Å²) in [6, 6.07) is 17.0. The van der Waals surface area contributed by atoms with Gasteiger partial charge in [0, 0.05) is 30.6 Å². The number of nitrogens with zero attached hydrogens (tertiary/aromatic N) is 1. The molecule has 0 aliphatic carbocycles. The first-order valence-electron chi connectivity index (χ1n) is 9.63. The maximum Gasteiger partial charge on any atom is 0.261 e. The van der Waals surface area contributed by atoms with E-state index in [-0.39, 0.29) is 30.4 Å². The summed E-state index contributed by atoms with van der Waals surface area (Å²) in [4.78, 5) is 26.8. The van der Waals surface area contributed by atoms with Gasteiger partial charge in [0.1, 0.15) is 11.5 Å². The maximum absolute atomic E-state index is 12.7. The molecule has 0 unspecified atom stereocenters. The number of rotatable bonds is 5. The van der Waals surface area contributed by atoms with E-state index in [0.717, 1.165) is 17.7 Å². The lowest BCUT2D eigenvalue weighted by molar-refractivity contribution is -0.133. The Hall–Kier alpha value is -3.02. The fourth-order valence-electron chi connectivity index (χ4n) is 3.79. The van der Waals surface area contributed by atoms with E-state index in [1.165, 1.54) is 0 Å². The molecule has 1 N–H and O–H groups in total. The second-order valence-electron chi connectivity index (χ2n) is 7.30. The lowest BCUT2D eigenvalue weighted by atomic mass is 9.97. The van der Waals surface area contributed by atoms with E-state index in [4.69, 9.17) is 9.47 Å². The number of ether oxygens (including phenoxy) is 2.